The number of benzene rings is 1. The van der Waals surface area contributed by atoms with E-state index in [4.69, 9.17) is 14.2 Å². The molecule has 1 amide bonds. The maximum absolute atomic E-state index is 11.0. The zero-order chi connectivity index (χ0) is 13.0. The first-order valence-electron chi connectivity index (χ1n) is 5.98. The van der Waals surface area contributed by atoms with E-state index in [0.717, 1.165) is 5.56 Å². The van der Waals surface area contributed by atoms with Crippen LogP contribution in [-0.4, -0.2) is 25.7 Å². The number of hydrogen-bond donors (Lipinski definition) is 1. The van der Waals surface area contributed by atoms with Crippen molar-refractivity contribution in [1.82, 2.24) is 0 Å². The molecular formula is C13H17NO4. The van der Waals surface area contributed by atoms with E-state index >= 15 is 0 Å². The maximum Gasteiger partial charge on any atom is 0.221 e. The van der Waals surface area contributed by atoms with Crippen molar-refractivity contribution in [3.05, 3.63) is 23.8 Å². The predicted molar refractivity (Wildman–Crippen MR) is 66.6 cm³/mol. The zero-order valence-corrected chi connectivity index (χ0v) is 10.6. The highest BCUT2D eigenvalue weighted by molar-refractivity contribution is 5.88. The highest BCUT2D eigenvalue weighted by Gasteiger charge is 2.22. The van der Waals surface area contributed by atoms with Gasteiger partial charge in [-0.25, -0.2) is 0 Å². The van der Waals surface area contributed by atoms with Crippen molar-refractivity contribution in [3.63, 3.8) is 0 Å². The molecule has 0 unspecified atom stereocenters. The minimum absolute atomic E-state index is 0.112. The van der Waals surface area contributed by atoms with Crippen LogP contribution in [0.25, 0.3) is 0 Å². The summed E-state index contributed by atoms with van der Waals surface area (Å²) in [6, 6.07) is 5.45. The molecule has 1 heterocycles. The zero-order valence-electron chi connectivity index (χ0n) is 10.6. The van der Waals surface area contributed by atoms with Crippen molar-refractivity contribution in [2.45, 2.75) is 20.1 Å². The molecule has 0 spiro atoms. The van der Waals surface area contributed by atoms with E-state index in [1.54, 1.807) is 6.07 Å². The lowest BCUT2D eigenvalue weighted by Crippen LogP contribution is -2.08. The standard InChI is InChI=1S/C13H17NO4/c1-3-16-12-8-10(14-9(2)15)4-5-11(12)13-17-6-7-18-13/h4-5,8,13H,3,6-7H2,1-2H3,(H,14,15). The molecule has 1 fully saturated rings. The molecule has 5 nitrogen and oxygen atoms in total. The second-order valence-corrected chi connectivity index (χ2v) is 3.94. The Labute approximate surface area is 106 Å². The van der Waals surface area contributed by atoms with Crippen molar-refractivity contribution < 1.29 is 19.0 Å². The molecule has 0 aliphatic carbocycles. The van der Waals surface area contributed by atoms with Gasteiger partial charge in [-0.05, 0) is 19.1 Å². The van der Waals surface area contributed by atoms with Crippen LogP contribution in [0, 0.1) is 0 Å². The first-order chi connectivity index (χ1) is 8.70. The molecule has 0 bridgehead atoms. The molecule has 1 aliphatic heterocycles. The Kier molecular flexibility index (Phi) is 4.17. The summed E-state index contributed by atoms with van der Waals surface area (Å²) in [6.07, 6.45) is -0.377. The normalized spacial score (nSPS) is 15.7. The SMILES string of the molecule is CCOc1cc(NC(C)=O)ccc1C1OCCO1. The fourth-order valence-corrected chi connectivity index (χ4v) is 1.83. The molecular weight excluding hydrogens is 234 g/mol. The fraction of sp³-hybridized carbons (Fsp3) is 0.462. The lowest BCUT2D eigenvalue weighted by Gasteiger charge is -2.16. The van der Waals surface area contributed by atoms with Crippen LogP contribution >= 0.6 is 0 Å². The third kappa shape index (κ3) is 3.00. The lowest BCUT2D eigenvalue weighted by atomic mass is 10.1. The number of ether oxygens (including phenoxy) is 3. The van der Waals surface area contributed by atoms with Gasteiger partial charge in [0.1, 0.15) is 5.75 Å². The van der Waals surface area contributed by atoms with Gasteiger partial charge in [-0.1, -0.05) is 0 Å². The lowest BCUT2D eigenvalue weighted by molar-refractivity contribution is -0.114. The highest BCUT2D eigenvalue weighted by atomic mass is 16.7. The molecule has 1 aliphatic rings. The summed E-state index contributed by atoms with van der Waals surface area (Å²) >= 11 is 0. The molecule has 18 heavy (non-hydrogen) atoms. The van der Waals surface area contributed by atoms with Crippen LogP contribution in [-0.2, 0) is 14.3 Å². The van der Waals surface area contributed by atoms with Crippen molar-refractivity contribution in [3.8, 4) is 5.75 Å². The topological polar surface area (TPSA) is 56.8 Å². The summed E-state index contributed by atoms with van der Waals surface area (Å²) in [6.45, 7) is 5.10. The third-order valence-corrected chi connectivity index (χ3v) is 2.51. The van der Waals surface area contributed by atoms with Crippen LogP contribution in [0.2, 0.25) is 0 Å². The first-order valence-corrected chi connectivity index (χ1v) is 5.98. The van der Waals surface area contributed by atoms with E-state index in [9.17, 15) is 4.79 Å². The minimum atomic E-state index is -0.377. The average Bonchev–Trinajstić information content (AvgIpc) is 2.82. The van der Waals surface area contributed by atoms with Crippen LogP contribution in [0.4, 0.5) is 5.69 Å². The van der Waals surface area contributed by atoms with E-state index in [1.807, 2.05) is 19.1 Å². The van der Waals surface area contributed by atoms with Gasteiger partial charge in [0.05, 0.1) is 19.8 Å². The van der Waals surface area contributed by atoms with Gasteiger partial charge in [-0.15, -0.1) is 0 Å². The second kappa shape index (κ2) is 5.84. The molecule has 5 heteroatoms. The minimum Gasteiger partial charge on any atom is -0.493 e. The molecule has 2 rings (SSSR count). The van der Waals surface area contributed by atoms with Crippen LogP contribution in [0.3, 0.4) is 0 Å². The summed E-state index contributed by atoms with van der Waals surface area (Å²) in [7, 11) is 0. The van der Waals surface area contributed by atoms with Gasteiger partial charge >= 0.3 is 0 Å². The maximum atomic E-state index is 11.0. The van der Waals surface area contributed by atoms with Crippen LogP contribution < -0.4 is 10.1 Å². The van der Waals surface area contributed by atoms with E-state index < -0.39 is 0 Å². The molecule has 0 aromatic heterocycles. The van der Waals surface area contributed by atoms with Gasteiger partial charge in [0.2, 0.25) is 5.91 Å². The highest BCUT2D eigenvalue weighted by Crippen LogP contribution is 2.33. The Balaban J connectivity index is 2.25. The quantitative estimate of drug-likeness (QED) is 0.890. The van der Waals surface area contributed by atoms with E-state index in [1.165, 1.54) is 6.92 Å². The molecule has 1 N–H and O–H groups in total. The Morgan fingerprint density at radius 3 is 2.78 bits per heavy atom. The Morgan fingerprint density at radius 2 is 2.17 bits per heavy atom. The molecule has 0 radical (unpaired) electrons. The largest absolute Gasteiger partial charge is 0.493 e. The number of carbonyl (C=O) groups is 1. The van der Waals surface area contributed by atoms with Gasteiger partial charge in [0, 0.05) is 24.2 Å². The van der Waals surface area contributed by atoms with Crippen molar-refractivity contribution in [2.24, 2.45) is 0 Å². The Hall–Kier alpha value is -1.59. The van der Waals surface area contributed by atoms with E-state index in [0.29, 0.717) is 31.3 Å². The summed E-state index contributed by atoms with van der Waals surface area (Å²) in [5.74, 6) is 0.564. The van der Waals surface area contributed by atoms with Crippen LogP contribution in [0.1, 0.15) is 25.7 Å². The first kappa shape index (κ1) is 12.9. The molecule has 0 saturated carbocycles. The van der Waals surface area contributed by atoms with Gasteiger partial charge in [-0.2, -0.15) is 0 Å². The number of amides is 1. The number of hydrogen-bond acceptors (Lipinski definition) is 4. The predicted octanol–water partition coefficient (Wildman–Crippen LogP) is 2.09. The third-order valence-electron chi connectivity index (χ3n) is 2.51. The fourth-order valence-electron chi connectivity index (χ4n) is 1.83. The van der Waals surface area contributed by atoms with Crippen LogP contribution in [0.5, 0.6) is 5.75 Å². The van der Waals surface area contributed by atoms with Gasteiger partial charge in [0.15, 0.2) is 6.29 Å². The van der Waals surface area contributed by atoms with Crippen LogP contribution in [0.15, 0.2) is 18.2 Å². The molecule has 1 aromatic rings. The average molecular weight is 251 g/mol. The summed E-state index contributed by atoms with van der Waals surface area (Å²) in [5, 5.41) is 2.72. The Bertz CT molecular complexity index is 427. The molecule has 1 saturated heterocycles. The smallest absolute Gasteiger partial charge is 0.221 e. The van der Waals surface area contributed by atoms with E-state index in [-0.39, 0.29) is 12.2 Å². The summed E-state index contributed by atoms with van der Waals surface area (Å²) in [5.41, 5.74) is 1.55. The van der Waals surface area contributed by atoms with Gasteiger partial charge in [-0.3, -0.25) is 4.79 Å². The van der Waals surface area contributed by atoms with E-state index in [2.05, 4.69) is 5.32 Å². The molecule has 1 aromatic carbocycles. The second-order valence-electron chi connectivity index (χ2n) is 3.94. The number of carbonyl (C=O) groups excluding carboxylic acids is 1. The number of nitrogens with one attached hydrogen (secondary N) is 1. The van der Waals surface area contributed by atoms with Gasteiger partial charge in [0.25, 0.3) is 0 Å². The van der Waals surface area contributed by atoms with Gasteiger partial charge < -0.3 is 19.5 Å². The summed E-state index contributed by atoms with van der Waals surface area (Å²) < 4.78 is 16.5. The van der Waals surface area contributed by atoms with Crippen molar-refractivity contribution in [1.29, 1.82) is 0 Å². The van der Waals surface area contributed by atoms with Crippen molar-refractivity contribution in [2.75, 3.05) is 25.1 Å². The number of rotatable bonds is 4. The molecule has 98 valence electrons. The van der Waals surface area contributed by atoms with Crippen molar-refractivity contribution >= 4 is 11.6 Å². The monoisotopic (exact) mass is 251 g/mol. The summed E-state index contributed by atoms with van der Waals surface area (Å²) in [4.78, 5) is 11.0. The number of anilines is 1. The Morgan fingerprint density at radius 1 is 1.44 bits per heavy atom. The molecule has 0 atom stereocenters.